The molecule has 1 aliphatic rings. The van der Waals surface area contributed by atoms with Crippen LogP contribution in [-0.4, -0.2) is 17.8 Å². The van der Waals surface area contributed by atoms with Crippen molar-refractivity contribution in [3.63, 3.8) is 0 Å². The van der Waals surface area contributed by atoms with Gasteiger partial charge in [-0.05, 0) is 43.7 Å². The molecule has 1 aliphatic carbocycles. The minimum atomic E-state index is -0.558. The van der Waals surface area contributed by atoms with E-state index in [9.17, 15) is 5.11 Å². The van der Waals surface area contributed by atoms with E-state index in [2.05, 4.69) is 6.92 Å². The fourth-order valence-corrected chi connectivity index (χ4v) is 3.73. The number of aliphatic hydroxyl groups is 1. The van der Waals surface area contributed by atoms with E-state index >= 15 is 0 Å². The van der Waals surface area contributed by atoms with Gasteiger partial charge in [0.1, 0.15) is 6.10 Å². The van der Waals surface area contributed by atoms with Gasteiger partial charge in [-0.1, -0.05) is 18.5 Å². The Morgan fingerprint density at radius 2 is 2.12 bits per heavy atom. The van der Waals surface area contributed by atoms with Crippen molar-refractivity contribution in [1.29, 1.82) is 0 Å². The first-order chi connectivity index (χ1) is 8.07. The molecule has 96 valence electrons. The predicted molar refractivity (Wildman–Crippen MR) is 71.7 cm³/mol. The van der Waals surface area contributed by atoms with E-state index < -0.39 is 11.7 Å². The lowest BCUT2D eigenvalue weighted by Gasteiger charge is -2.41. The van der Waals surface area contributed by atoms with Crippen LogP contribution in [0.3, 0.4) is 0 Å². The van der Waals surface area contributed by atoms with Gasteiger partial charge in [-0.15, -0.1) is 11.3 Å². The van der Waals surface area contributed by atoms with Crippen LogP contribution in [0.25, 0.3) is 0 Å². The number of halogens is 1. The third-order valence-corrected chi connectivity index (χ3v) is 5.17. The van der Waals surface area contributed by atoms with Gasteiger partial charge in [-0.25, -0.2) is 0 Å². The number of ether oxygens (including phenoxy) is 1. The van der Waals surface area contributed by atoms with Crippen LogP contribution in [0.15, 0.2) is 12.1 Å². The van der Waals surface area contributed by atoms with Crippen LogP contribution >= 0.6 is 22.9 Å². The molecule has 4 heteroatoms. The standard InChI is InChI=1S/C13H19ClO2S/c1-9-5-7-13(16-2,8-6-9)12(15)10-3-4-11(14)17-10/h3-4,9,12,15H,5-8H2,1-2H3. The summed E-state index contributed by atoms with van der Waals surface area (Å²) in [6, 6.07) is 3.73. The van der Waals surface area contributed by atoms with Crippen molar-refractivity contribution in [2.24, 2.45) is 5.92 Å². The highest BCUT2D eigenvalue weighted by Gasteiger charge is 2.42. The van der Waals surface area contributed by atoms with E-state index in [0.717, 1.165) is 40.8 Å². The molecule has 0 amide bonds. The highest BCUT2D eigenvalue weighted by molar-refractivity contribution is 7.16. The third-order valence-electron chi connectivity index (χ3n) is 3.89. The smallest absolute Gasteiger partial charge is 0.117 e. The molecule has 1 aromatic heterocycles. The van der Waals surface area contributed by atoms with E-state index in [0.29, 0.717) is 0 Å². The number of hydrogen-bond donors (Lipinski definition) is 1. The molecular weight excluding hydrogens is 256 g/mol. The summed E-state index contributed by atoms with van der Waals surface area (Å²) in [5, 5.41) is 10.5. The Hall–Kier alpha value is -0.0900. The maximum Gasteiger partial charge on any atom is 0.117 e. The van der Waals surface area contributed by atoms with E-state index in [1.165, 1.54) is 11.3 Å². The molecular formula is C13H19ClO2S. The van der Waals surface area contributed by atoms with E-state index in [-0.39, 0.29) is 0 Å². The first-order valence-corrected chi connectivity index (χ1v) is 7.25. The molecule has 0 bridgehead atoms. The molecule has 1 heterocycles. The number of rotatable bonds is 3. The summed E-state index contributed by atoms with van der Waals surface area (Å²) in [5.74, 6) is 0.734. The Morgan fingerprint density at radius 1 is 1.47 bits per heavy atom. The number of aliphatic hydroxyl groups excluding tert-OH is 1. The van der Waals surface area contributed by atoms with Crippen molar-refractivity contribution in [3.05, 3.63) is 21.3 Å². The second-order valence-corrected chi connectivity index (χ2v) is 6.74. The molecule has 2 nitrogen and oxygen atoms in total. The van der Waals surface area contributed by atoms with Gasteiger partial charge >= 0.3 is 0 Å². The quantitative estimate of drug-likeness (QED) is 0.902. The van der Waals surface area contributed by atoms with Crippen LogP contribution in [0.2, 0.25) is 4.34 Å². The van der Waals surface area contributed by atoms with Gasteiger partial charge in [0.05, 0.1) is 9.94 Å². The van der Waals surface area contributed by atoms with Gasteiger partial charge in [0.25, 0.3) is 0 Å². The first-order valence-electron chi connectivity index (χ1n) is 6.06. The molecule has 1 atom stereocenters. The average Bonchev–Trinajstić information content (AvgIpc) is 2.76. The average molecular weight is 275 g/mol. The van der Waals surface area contributed by atoms with Crippen molar-refractivity contribution in [2.45, 2.75) is 44.3 Å². The molecule has 0 spiro atoms. The maximum atomic E-state index is 10.5. The Balaban J connectivity index is 2.17. The normalized spacial score (nSPS) is 31.4. The summed E-state index contributed by atoms with van der Waals surface area (Å²) < 4.78 is 6.38. The van der Waals surface area contributed by atoms with Gasteiger partial charge in [0.15, 0.2) is 0 Å². The second-order valence-electron chi connectivity index (χ2n) is 5.00. The fraction of sp³-hybridized carbons (Fsp3) is 0.692. The van der Waals surface area contributed by atoms with Gasteiger partial charge in [-0.3, -0.25) is 0 Å². The molecule has 1 saturated carbocycles. The predicted octanol–water partition coefficient (Wildman–Crippen LogP) is 4.03. The Labute approximate surface area is 112 Å². The Bertz CT molecular complexity index is 369. The zero-order chi connectivity index (χ0) is 12.5. The minimum absolute atomic E-state index is 0.416. The molecule has 0 radical (unpaired) electrons. The molecule has 0 aromatic carbocycles. The zero-order valence-electron chi connectivity index (χ0n) is 10.3. The summed E-state index contributed by atoms with van der Waals surface area (Å²) >= 11 is 7.36. The molecule has 0 saturated heterocycles. The van der Waals surface area contributed by atoms with Crippen molar-refractivity contribution in [2.75, 3.05) is 7.11 Å². The SMILES string of the molecule is COC1(C(O)c2ccc(Cl)s2)CCC(C)CC1. The molecule has 2 rings (SSSR count). The zero-order valence-corrected chi connectivity index (χ0v) is 11.9. The van der Waals surface area contributed by atoms with Gasteiger partial charge in [-0.2, -0.15) is 0 Å². The third kappa shape index (κ3) is 2.68. The van der Waals surface area contributed by atoms with Gasteiger partial charge in [0.2, 0.25) is 0 Å². The van der Waals surface area contributed by atoms with E-state index in [4.69, 9.17) is 16.3 Å². The summed E-state index contributed by atoms with van der Waals surface area (Å²) in [6.45, 7) is 2.26. The summed E-state index contributed by atoms with van der Waals surface area (Å²) in [7, 11) is 1.70. The first kappa shape index (κ1) is 13.3. The van der Waals surface area contributed by atoms with Crippen molar-refractivity contribution in [3.8, 4) is 0 Å². The van der Waals surface area contributed by atoms with Crippen molar-refractivity contribution in [1.82, 2.24) is 0 Å². The maximum absolute atomic E-state index is 10.5. The molecule has 1 N–H and O–H groups in total. The molecule has 1 fully saturated rings. The van der Waals surface area contributed by atoms with E-state index in [1.807, 2.05) is 12.1 Å². The summed E-state index contributed by atoms with van der Waals surface area (Å²) in [4.78, 5) is 0.909. The van der Waals surface area contributed by atoms with Crippen molar-refractivity contribution < 1.29 is 9.84 Å². The van der Waals surface area contributed by atoms with Crippen LogP contribution in [-0.2, 0) is 4.74 Å². The van der Waals surface area contributed by atoms with Crippen LogP contribution in [0, 0.1) is 5.92 Å². The van der Waals surface area contributed by atoms with Gasteiger partial charge < -0.3 is 9.84 Å². The second kappa shape index (κ2) is 5.27. The van der Waals surface area contributed by atoms with Crippen molar-refractivity contribution >= 4 is 22.9 Å². The fourth-order valence-electron chi connectivity index (χ4n) is 2.57. The topological polar surface area (TPSA) is 29.5 Å². The van der Waals surface area contributed by atoms with Crippen LogP contribution < -0.4 is 0 Å². The molecule has 1 aromatic rings. The van der Waals surface area contributed by atoms with Crippen LogP contribution in [0.4, 0.5) is 0 Å². The largest absolute Gasteiger partial charge is 0.385 e. The highest BCUT2D eigenvalue weighted by atomic mass is 35.5. The lowest BCUT2D eigenvalue weighted by molar-refractivity contribution is -0.129. The highest BCUT2D eigenvalue weighted by Crippen LogP contribution is 2.44. The summed E-state index contributed by atoms with van der Waals surface area (Å²) in [5.41, 5.74) is -0.416. The minimum Gasteiger partial charge on any atom is -0.385 e. The number of thiophene rings is 1. The van der Waals surface area contributed by atoms with Crippen LogP contribution in [0.5, 0.6) is 0 Å². The van der Waals surface area contributed by atoms with Gasteiger partial charge in [0, 0.05) is 12.0 Å². The lowest BCUT2D eigenvalue weighted by atomic mass is 9.76. The Morgan fingerprint density at radius 3 is 2.59 bits per heavy atom. The number of methoxy groups -OCH3 is 1. The summed E-state index contributed by atoms with van der Waals surface area (Å²) in [6.07, 6.45) is 3.51. The molecule has 17 heavy (non-hydrogen) atoms. The lowest BCUT2D eigenvalue weighted by Crippen LogP contribution is -2.41. The Kier molecular flexibility index (Phi) is 4.14. The molecule has 0 aliphatic heterocycles. The van der Waals surface area contributed by atoms with E-state index in [1.54, 1.807) is 7.11 Å². The monoisotopic (exact) mass is 274 g/mol. The molecule has 1 unspecified atom stereocenters. The van der Waals surface area contributed by atoms with Crippen LogP contribution in [0.1, 0.15) is 43.6 Å². The number of hydrogen-bond acceptors (Lipinski definition) is 3.